The highest BCUT2D eigenvalue weighted by Crippen LogP contribution is 2.08. The van der Waals surface area contributed by atoms with Crippen molar-refractivity contribution in [2.24, 2.45) is 28.1 Å². The summed E-state index contributed by atoms with van der Waals surface area (Å²) < 4.78 is 0. The molecule has 14 heteroatoms. The molecule has 14 nitrogen and oxygen atoms in total. The van der Waals surface area contributed by atoms with E-state index in [-0.39, 0.29) is 44.1 Å². The molecule has 11 N–H and O–H groups in total. The molecule has 0 aromatic heterocycles. The minimum Gasteiger partial charge on any atom is -0.481 e. The number of carboxylic acids is 2. The summed E-state index contributed by atoms with van der Waals surface area (Å²) in [5, 5.41) is 25.4. The van der Waals surface area contributed by atoms with Gasteiger partial charge in [-0.3, -0.25) is 24.2 Å². The van der Waals surface area contributed by atoms with Crippen LogP contribution in [-0.4, -0.2) is 77.0 Å². The van der Waals surface area contributed by atoms with Crippen molar-refractivity contribution in [1.82, 2.24) is 16.0 Å². The van der Waals surface area contributed by atoms with Gasteiger partial charge < -0.3 is 43.4 Å². The van der Waals surface area contributed by atoms with Crippen LogP contribution in [0.15, 0.2) is 4.99 Å². The van der Waals surface area contributed by atoms with Crippen LogP contribution in [-0.2, 0) is 24.0 Å². The zero-order chi connectivity index (χ0) is 25.6. The predicted octanol–water partition coefficient (Wildman–Crippen LogP) is -2.55. The Bertz CT molecular complexity index is 723. The van der Waals surface area contributed by atoms with Gasteiger partial charge in [-0.1, -0.05) is 13.8 Å². The maximum atomic E-state index is 12.8. The molecule has 0 saturated heterocycles. The van der Waals surface area contributed by atoms with Gasteiger partial charge in [0.1, 0.15) is 18.1 Å². The topological polar surface area (TPSA) is 252 Å². The fourth-order valence-electron chi connectivity index (χ4n) is 2.80. The molecule has 188 valence electrons. The molecule has 0 aliphatic carbocycles. The number of nitrogens with zero attached hydrogens (tertiary/aromatic N) is 1. The first-order valence-corrected chi connectivity index (χ1v) is 10.5. The lowest BCUT2D eigenvalue weighted by Gasteiger charge is -2.24. The number of aliphatic carboxylic acids is 2. The third-order valence-corrected chi connectivity index (χ3v) is 4.38. The molecule has 0 fully saturated rings. The molecule has 0 aromatic rings. The third-order valence-electron chi connectivity index (χ3n) is 4.38. The highest BCUT2D eigenvalue weighted by atomic mass is 16.4. The highest BCUT2D eigenvalue weighted by Gasteiger charge is 2.29. The predicted molar refractivity (Wildman–Crippen MR) is 119 cm³/mol. The van der Waals surface area contributed by atoms with Gasteiger partial charge in [-0.2, -0.15) is 0 Å². The second-order valence-corrected chi connectivity index (χ2v) is 7.80. The summed E-state index contributed by atoms with van der Waals surface area (Å²) in [5.74, 6) is -4.82. The molecule has 0 radical (unpaired) electrons. The fourth-order valence-corrected chi connectivity index (χ4v) is 2.80. The summed E-state index contributed by atoms with van der Waals surface area (Å²) in [4.78, 5) is 63.4. The minimum absolute atomic E-state index is 0.0202. The van der Waals surface area contributed by atoms with Crippen LogP contribution in [0.3, 0.4) is 0 Å². The maximum Gasteiger partial charge on any atom is 0.326 e. The zero-order valence-corrected chi connectivity index (χ0v) is 18.9. The van der Waals surface area contributed by atoms with E-state index in [1.807, 2.05) is 0 Å². The van der Waals surface area contributed by atoms with Gasteiger partial charge in [0.15, 0.2) is 5.96 Å². The molecule has 0 aromatic carbocycles. The molecule has 0 spiro atoms. The van der Waals surface area contributed by atoms with E-state index < -0.39 is 60.8 Å². The molecule has 3 amide bonds. The van der Waals surface area contributed by atoms with Crippen LogP contribution < -0.4 is 33.2 Å². The van der Waals surface area contributed by atoms with Gasteiger partial charge in [0, 0.05) is 13.0 Å². The Hall–Kier alpha value is -3.42. The van der Waals surface area contributed by atoms with Crippen molar-refractivity contribution in [3.63, 3.8) is 0 Å². The minimum atomic E-state index is -1.25. The second-order valence-electron chi connectivity index (χ2n) is 7.80. The summed E-state index contributed by atoms with van der Waals surface area (Å²) in [6.45, 7) is 3.32. The van der Waals surface area contributed by atoms with Crippen molar-refractivity contribution in [3.05, 3.63) is 0 Å². The van der Waals surface area contributed by atoms with Gasteiger partial charge in [-0.05, 0) is 31.6 Å². The Kier molecular flexibility index (Phi) is 13.8. The van der Waals surface area contributed by atoms with Crippen LogP contribution in [0, 0.1) is 5.92 Å². The van der Waals surface area contributed by atoms with E-state index in [2.05, 4.69) is 20.9 Å². The number of amides is 3. The Morgan fingerprint density at radius 2 is 1.42 bits per heavy atom. The molecular weight excluding hydrogens is 438 g/mol. The van der Waals surface area contributed by atoms with E-state index in [1.54, 1.807) is 13.8 Å². The second kappa shape index (κ2) is 15.4. The Labute approximate surface area is 191 Å². The average Bonchev–Trinajstić information content (AvgIpc) is 2.71. The SMILES string of the molecule is CC(C)CC(NC(=O)C(CCCN=C(N)N)NC(=O)C(CCC(=O)O)NC(=O)CN)C(=O)O. The Morgan fingerprint density at radius 1 is 0.879 bits per heavy atom. The van der Waals surface area contributed by atoms with Crippen molar-refractivity contribution in [1.29, 1.82) is 0 Å². The molecule has 0 bridgehead atoms. The number of guanidine groups is 1. The lowest BCUT2D eigenvalue weighted by atomic mass is 10.0. The number of carbonyl (C=O) groups excluding carboxylic acids is 3. The Balaban J connectivity index is 5.52. The number of hydrogen-bond donors (Lipinski definition) is 8. The summed E-state index contributed by atoms with van der Waals surface area (Å²) >= 11 is 0. The number of nitrogens with two attached hydrogens (primary N) is 3. The van der Waals surface area contributed by atoms with Crippen molar-refractivity contribution >= 4 is 35.6 Å². The van der Waals surface area contributed by atoms with Gasteiger partial charge in [-0.25, -0.2) is 4.79 Å². The van der Waals surface area contributed by atoms with Crippen molar-refractivity contribution in [3.8, 4) is 0 Å². The van der Waals surface area contributed by atoms with Crippen LogP contribution in [0.2, 0.25) is 0 Å². The molecule has 33 heavy (non-hydrogen) atoms. The third kappa shape index (κ3) is 13.6. The molecule has 0 rings (SSSR count). The molecule has 0 aliphatic heterocycles. The van der Waals surface area contributed by atoms with E-state index in [9.17, 15) is 29.1 Å². The number of carboxylic acid groups (broad SMARTS) is 2. The maximum absolute atomic E-state index is 12.8. The quantitative estimate of drug-likeness (QED) is 0.0661. The first-order valence-electron chi connectivity index (χ1n) is 10.5. The molecule has 3 atom stereocenters. The Morgan fingerprint density at radius 3 is 1.88 bits per heavy atom. The highest BCUT2D eigenvalue weighted by molar-refractivity contribution is 5.93. The normalized spacial score (nSPS) is 13.3. The van der Waals surface area contributed by atoms with Crippen LogP contribution in [0.4, 0.5) is 0 Å². The zero-order valence-electron chi connectivity index (χ0n) is 18.9. The number of aliphatic imine (C=N–C) groups is 1. The first-order chi connectivity index (χ1) is 15.4. The summed E-state index contributed by atoms with van der Waals surface area (Å²) in [6.07, 6.45) is -0.157. The van der Waals surface area contributed by atoms with Gasteiger partial charge in [0.2, 0.25) is 17.7 Å². The smallest absolute Gasteiger partial charge is 0.326 e. The molecular formula is C19H35N7O7. The number of nitrogens with one attached hydrogen (secondary N) is 3. The van der Waals surface area contributed by atoms with E-state index >= 15 is 0 Å². The number of carbonyl (C=O) groups is 5. The molecule has 0 heterocycles. The van der Waals surface area contributed by atoms with Crippen LogP contribution in [0.25, 0.3) is 0 Å². The summed E-state index contributed by atoms with van der Waals surface area (Å²) in [5.41, 5.74) is 15.8. The van der Waals surface area contributed by atoms with E-state index in [0.717, 1.165) is 0 Å². The van der Waals surface area contributed by atoms with Crippen molar-refractivity contribution < 1.29 is 34.2 Å². The van der Waals surface area contributed by atoms with E-state index in [4.69, 9.17) is 22.3 Å². The van der Waals surface area contributed by atoms with Gasteiger partial charge in [0.05, 0.1) is 6.54 Å². The van der Waals surface area contributed by atoms with Crippen LogP contribution in [0.1, 0.15) is 46.0 Å². The molecule has 3 unspecified atom stereocenters. The van der Waals surface area contributed by atoms with E-state index in [1.165, 1.54) is 0 Å². The first kappa shape index (κ1) is 29.6. The van der Waals surface area contributed by atoms with Gasteiger partial charge in [0.25, 0.3) is 0 Å². The number of hydrogen-bond acceptors (Lipinski definition) is 7. The van der Waals surface area contributed by atoms with Gasteiger partial charge in [-0.15, -0.1) is 0 Å². The summed E-state index contributed by atoms with van der Waals surface area (Å²) in [6, 6.07) is -3.60. The molecule has 0 aliphatic rings. The monoisotopic (exact) mass is 473 g/mol. The fraction of sp³-hybridized carbons (Fsp3) is 0.684. The van der Waals surface area contributed by atoms with Crippen LogP contribution >= 0.6 is 0 Å². The average molecular weight is 474 g/mol. The van der Waals surface area contributed by atoms with Crippen molar-refractivity contribution in [2.75, 3.05) is 13.1 Å². The van der Waals surface area contributed by atoms with Crippen molar-refractivity contribution in [2.45, 2.75) is 64.1 Å². The molecule has 0 saturated carbocycles. The summed E-state index contributed by atoms with van der Waals surface area (Å²) in [7, 11) is 0. The largest absolute Gasteiger partial charge is 0.481 e. The lowest BCUT2D eigenvalue weighted by molar-refractivity contribution is -0.142. The van der Waals surface area contributed by atoms with Gasteiger partial charge >= 0.3 is 11.9 Å². The number of rotatable bonds is 16. The lowest BCUT2D eigenvalue weighted by Crippen LogP contribution is -2.56. The van der Waals surface area contributed by atoms with E-state index in [0.29, 0.717) is 0 Å². The van der Waals surface area contributed by atoms with Crippen LogP contribution in [0.5, 0.6) is 0 Å². The standard InChI is InChI=1S/C19H35N7O7/c1-10(2)8-13(18(32)33)26-16(30)11(4-3-7-23-19(21)22)25-17(31)12(5-6-15(28)29)24-14(27)9-20/h10-13H,3-9,20H2,1-2H3,(H,24,27)(H,25,31)(H,26,30)(H,28,29)(H,32,33)(H4,21,22,23).